The minimum absolute atomic E-state index is 0.0423. The number of nitrogens with zero attached hydrogens (tertiary/aromatic N) is 1. The number of carbonyl (C=O) groups is 3. The molecule has 0 aromatic rings. The number of allylic oxidation sites excluding steroid dienone is 2. The molecule has 0 saturated carbocycles. The Morgan fingerprint density at radius 1 is 0.558 bits per heavy atom. The average Bonchev–Trinajstić information content (AvgIpc) is 3.09. The summed E-state index contributed by atoms with van der Waals surface area (Å²) < 4.78 is 17.1. The third kappa shape index (κ3) is 33.9. The van der Waals surface area contributed by atoms with Gasteiger partial charge in [0.2, 0.25) is 0 Å². The van der Waals surface area contributed by atoms with Crippen molar-refractivity contribution < 1.29 is 38.2 Å². The quantitative estimate of drug-likeness (QED) is 0.0268. The lowest BCUT2D eigenvalue weighted by Gasteiger charge is -2.34. The lowest BCUT2D eigenvalue weighted by Crippen LogP contribution is -2.55. The largest absolute Gasteiger partial charge is 0.544 e. The fourth-order valence-electron chi connectivity index (χ4n) is 6.49. The van der Waals surface area contributed by atoms with Gasteiger partial charge in [-0.15, -0.1) is 0 Å². The van der Waals surface area contributed by atoms with E-state index in [1.807, 2.05) is 0 Å². The molecule has 0 bridgehead atoms. The Kier molecular flexibility index (Phi) is 34.7. The lowest BCUT2D eigenvalue weighted by molar-refractivity contribution is -0.889. The molecule has 2 atom stereocenters. The minimum atomic E-state index is -1.12. The van der Waals surface area contributed by atoms with E-state index in [0.29, 0.717) is 12.8 Å². The molecular formula is C44H83NO7. The maximum atomic E-state index is 12.6. The summed E-state index contributed by atoms with van der Waals surface area (Å²) in [6.45, 7) is 4.61. The Labute approximate surface area is 320 Å². The number of ether oxygens (including phenoxy) is 3. The highest BCUT2D eigenvalue weighted by Gasteiger charge is 2.25. The molecule has 0 spiro atoms. The molecule has 0 aromatic carbocycles. The van der Waals surface area contributed by atoms with E-state index in [4.69, 9.17) is 14.2 Å². The number of esters is 2. The molecule has 0 radical (unpaired) electrons. The molecule has 52 heavy (non-hydrogen) atoms. The SMILES string of the molecule is CCC/C=C\CCCCCCCC(=O)OC(COCCC(C(=O)[O-])[N+](C)(C)C)COC(=O)CCCCCCCCCCCCCCCCCCCC. The summed E-state index contributed by atoms with van der Waals surface area (Å²) in [6, 6.07) is -0.722. The van der Waals surface area contributed by atoms with Crippen molar-refractivity contribution >= 4 is 17.9 Å². The molecule has 0 heterocycles. The van der Waals surface area contributed by atoms with Gasteiger partial charge in [0.05, 0.1) is 40.3 Å². The molecule has 0 aliphatic rings. The summed E-state index contributed by atoms with van der Waals surface area (Å²) in [6.07, 6.45) is 36.7. The molecule has 0 fully saturated rings. The first-order valence-corrected chi connectivity index (χ1v) is 21.7. The monoisotopic (exact) mass is 738 g/mol. The van der Waals surface area contributed by atoms with E-state index < -0.39 is 18.1 Å². The number of unbranched alkanes of at least 4 members (excludes halogenated alkanes) is 23. The van der Waals surface area contributed by atoms with E-state index in [0.717, 1.165) is 57.8 Å². The number of quaternary nitrogens is 1. The van der Waals surface area contributed by atoms with Gasteiger partial charge < -0.3 is 28.6 Å². The maximum Gasteiger partial charge on any atom is 0.306 e. The number of rotatable bonds is 39. The second-order valence-electron chi connectivity index (χ2n) is 15.9. The topological polar surface area (TPSA) is 102 Å². The van der Waals surface area contributed by atoms with Crippen LogP contribution < -0.4 is 5.11 Å². The van der Waals surface area contributed by atoms with Crippen LogP contribution in [-0.4, -0.2) is 75.5 Å². The molecule has 0 aliphatic heterocycles. The van der Waals surface area contributed by atoms with Crippen LogP contribution in [0.15, 0.2) is 12.2 Å². The fraction of sp³-hybridized carbons (Fsp3) is 0.886. The van der Waals surface area contributed by atoms with Crippen LogP contribution in [0.4, 0.5) is 0 Å². The van der Waals surface area contributed by atoms with Crippen LogP contribution in [0, 0.1) is 0 Å². The predicted octanol–water partition coefficient (Wildman–Crippen LogP) is 10.2. The Balaban J connectivity index is 4.24. The number of likely N-dealkylation sites (N-methyl/N-ethyl adjacent to an activating group) is 1. The smallest absolute Gasteiger partial charge is 0.306 e. The lowest BCUT2D eigenvalue weighted by atomic mass is 10.0. The van der Waals surface area contributed by atoms with Crippen LogP contribution in [0.2, 0.25) is 0 Å². The van der Waals surface area contributed by atoms with E-state index in [-0.39, 0.29) is 42.7 Å². The second kappa shape index (κ2) is 36.1. The molecule has 8 nitrogen and oxygen atoms in total. The van der Waals surface area contributed by atoms with Gasteiger partial charge in [0.1, 0.15) is 12.6 Å². The third-order valence-electron chi connectivity index (χ3n) is 9.88. The van der Waals surface area contributed by atoms with Gasteiger partial charge >= 0.3 is 11.9 Å². The van der Waals surface area contributed by atoms with E-state index in [2.05, 4.69) is 26.0 Å². The summed E-state index contributed by atoms with van der Waals surface area (Å²) in [4.78, 5) is 36.7. The first kappa shape index (κ1) is 50.1. The van der Waals surface area contributed by atoms with Crippen LogP contribution in [0.5, 0.6) is 0 Å². The summed E-state index contributed by atoms with van der Waals surface area (Å²) in [5.74, 6) is -1.74. The van der Waals surface area contributed by atoms with Gasteiger partial charge in [0, 0.05) is 19.3 Å². The number of aliphatic carboxylic acids is 1. The number of hydrogen-bond acceptors (Lipinski definition) is 7. The summed E-state index contributed by atoms with van der Waals surface area (Å²) in [5.41, 5.74) is 0. The number of carboxylic acids is 1. The van der Waals surface area contributed by atoms with Crippen molar-refractivity contribution in [2.75, 3.05) is 41.0 Å². The van der Waals surface area contributed by atoms with Crippen LogP contribution in [0.3, 0.4) is 0 Å². The Morgan fingerprint density at radius 2 is 1.00 bits per heavy atom. The Morgan fingerprint density at radius 3 is 1.46 bits per heavy atom. The van der Waals surface area contributed by atoms with Crippen molar-refractivity contribution in [3.63, 3.8) is 0 Å². The zero-order valence-electron chi connectivity index (χ0n) is 34.7. The van der Waals surface area contributed by atoms with E-state index in [1.54, 1.807) is 21.1 Å². The van der Waals surface area contributed by atoms with Gasteiger partial charge in [-0.3, -0.25) is 9.59 Å². The molecule has 0 amide bonds. The van der Waals surface area contributed by atoms with Crippen LogP contribution in [0.1, 0.15) is 200 Å². The summed E-state index contributed by atoms with van der Waals surface area (Å²) in [5, 5.41) is 11.6. The van der Waals surface area contributed by atoms with Crippen molar-refractivity contribution in [1.82, 2.24) is 0 Å². The van der Waals surface area contributed by atoms with Crippen LogP contribution >= 0.6 is 0 Å². The standard InChI is InChI=1S/C44H83NO7/c1-6-8-10-12-14-16-18-19-20-21-22-23-24-25-27-28-30-32-34-42(46)51-39-40(38-50-37-36-41(44(48)49)45(3,4)5)52-43(47)35-33-31-29-26-17-15-13-11-9-7-2/h11,13,40-41H,6-10,12,14-39H2,1-5H3/b13-11-. The molecule has 0 N–H and O–H groups in total. The average molecular weight is 738 g/mol. The van der Waals surface area contributed by atoms with Crippen molar-refractivity contribution in [3.8, 4) is 0 Å². The van der Waals surface area contributed by atoms with Crippen molar-refractivity contribution in [1.29, 1.82) is 0 Å². The molecule has 0 aromatic heterocycles. The van der Waals surface area contributed by atoms with Gasteiger partial charge in [-0.25, -0.2) is 0 Å². The summed E-state index contributed by atoms with van der Waals surface area (Å²) >= 11 is 0. The van der Waals surface area contributed by atoms with Crippen molar-refractivity contribution in [2.24, 2.45) is 0 Å². The minimum Gasteiger partial charge on any atom is -0.544 e. The fourth-order valence-corrected chi connectivity index (χ4v) is 6.49. The normalized spacial score (nSPS) is 13.0. The zero-order chi connectivity index (χ0) is 38.5. The highest BCUT2D eigenvalue weighted by molar-refractivity contribution is 5.70. The first-order chi connectivity index (χ1) is 25.1. The Hall–Kier alpha value is -1.93. The van der Waals surface area contributed by atoms with Crippen molar-refractivity contribution in [2.45, 2.75) is 212 Å². The highest BCUT2D eigenvalue weighted by atomic mass is 16.6. The third-order valence-corrected chi connectivity index (χ3v) is 9.88. The number of carboxylic acid groups (broad SMARTS) is 1. The van der Waals surface area contributed by atoms with Gasteiger partial charge in [0.25, 0.3) is 0 Å². The molecule has 8 heteroatoms. The molecule has 2 unspecified atom stereocenters. The van der Waals surface area contributed by atoms with Crippen molar-refractivity contribution in [3.05, 3.63) is 12.2 Å². The van der Waals surface area contributed by atoms with Gasteiger partial charge in [-0.2, -0.15) is 0 Å². The Bertz CT molecular complexity index is 869. The first-order valence-electron chi connectivity index (χ1n) is 21.7. The molecule has 306 valence electrons. The van der Waals surface area contributed by atoms with E-state index >= 15 is 0 Å². The molecule has 0 rings (SSSR count). The van der Waals surface area contributed by atoms with Gasteiger partial charge in [-0.05, 0) is 32.1 Å². The number of hydrogen-bond donors (Lipinski definition) is 0. The van der Waals surface area contributed by atoms with Gasteiger partial charge in [-0.1, -0.05) is 161 Å². The number of carbonyl (C=O) groups excluding carboxylic acids is 3. The van der Waals surface area contributed by atoms with Crippen LogP contribution in [0.25, 0.3) is 0 Å². The molecule has 0 aliphatic carbocycles. The predicted molar refractivity (Wildman–Crippen MR) is 213 cm³/mol. The highest BCUT2D eigenvalue weighted by Crippen LogP contribution is 2.15. The van der Waals surface area contributed by atoms with E-state index in [9.17, 15) is 19.5 Å². The van der Waals surface area contributed by atoms with E-state index in [1.165, 1.54) is 109 Å². The molecule has 0 saturated heterocycles. The van der Waals surface area contributed by atoms with Gasteiger partial charge in [0.15, 0.2) is 6.10 Å². The van der Waals surface area contributed by atoms with Crippen LogP contribution in [-0.2, 0) is 28.6 Å². The molecular weight excluding hydrogens is 654 g/mol. The zero-order valence-corrected chi connectivity index (χ0v) is 34.7. The summed E-state index contributed by atoms with van der Waals surface area (Å²) in [7, 11) is 5.40. The second-order valence-corrected chi connectivity index (χ2v) is 15.9. The maximum absolute atomic E-state index is 12.6.